The van der Waals surface area contributed by atoms with Gasteiger partial charge in [-0.15, -0.1) is 0 Å². The number of hydrogen-bond acceptors (Lipinski definition) is 4. The number of aliphatic hydroxyl groups is 1. The van der Waals surface area contributed by atoms with E-state index in [1.807, 2.05) is 30.3 Å². The van der Waals surface area contributed by atoms with Gasteiger partial charge in [-0.1, -0.05) is 30.3 Å². The summed E-state index contributed by atoms with van der Waals surface area (Å²) in [5.41, 5.74) is 0.613. The number of carboxylic acids is 1. The van der Waals surface area contributed by atoms with Crippen LogP contribution in [0.25, 0.3) is 0 Å². The van der Waals surface area contributed by atoms with E-state index in [-0.39, 0.29) is 5.92 Å². The van der Waals surface area contributed by atoms with Crippen molar-refractivity contribution in [2.24, 2.45) is 11.3 Å². The summed E-state index contributed by atoms with van der Waals surface area (Å²) in [7, 11) is 0. The minimum Gasteiger partial charge on any atom is -0.480 e. The fourth-order valence-corrected chi connectivity index (χ4v) is 3.78. The fourth-order valence-electron chi connectivity index (χ4n) is 3.78. The minimum atomic E-state index is -1.18. The normalized spacial score (nSPS) is 21.6. The lowest BCUT2D eigenvalue weighted by Gasteiger charge is -2.27. The summed E-state index contributed by atoms with van der Waals surface area (Å²) in [6, 6.07) is 8.80. The van der Waals surface area contributed by atoms with Gasteiger partial charge in [-0.2, -0.15) is 0 Å². The molecule has 6 heteroatoms. The van der Waals surface area contributed by atoms with E-state index in [9.17, 15) is 19.8 Å². The molecule has 2 fully saturated rings. The van der Waals surface area contributed by atoms with Crippen LogP contribution < -0.4 is 5.32 Å². The molecule has 1 saturated carbocycles. The molecule has 3 N–H and O–H groups in total. The predicted molar refractivity (Wildman–Crippen MR) is 95.5 cm³/mol. The summed E-state index contributed by atoms with van der Waals surface area (Å²) in [5.74, 6) is -1.40. The van der Waals surface area contributed by atoms with Crippen LogP contribution in [0, 0.1) is 11.3 Å². The second kappa shape index (κ2) is 8.18. The van der Waals surface area contributed by atoms with Crippen molar-refractivity contribution in [1.29, 1.82) is 0 Å². The summed E-state index contributed by atoms with van der Waals surface area (Å²) >= 11 is 0. The highest BCUT2D eigenvalue weighted by molar-refractivity contribution is 5.87. The Morgan fingerprint density at radius 3 is 2.42 bits per heavy atom. The third-order valence-corrected chi connectivity index (χ3v) is 5.64. The average molecular weight is 361 g/mol. The highest BCUT2D eigenvalue weighted by atomic mass is 16.5. The number of carbonyl (C=O) groups excluding carboxylic acids is 1. The van der Waals surface area contributed by atoms with Gasteiger partial charge in [0.25, 0.3) is 0 Å². The molecular weight excluding hydrogens is 334 g/mol. The van der Waals surface area contributed by atoms with Gasteiger partial charge in [-0.05, 0) is 50.0 Å². The Hall–Kier alpha value is -1.92. The number of carbonyl (C=O) groups is 2. The van der Waals surface area contributed by atoms with Crippen LogP contribution in [0.3, 0.4) is 0 Å². The summed E-state index contributed by atoms with van der Waals surface area (Å²) in [6.45, 7) is 1.27. The molecular formula is C20H27NO5. The standard InChI is InChI=1S/C20H27NO5/c22-17(20(8-9-20)13-15-4-2-1-3-5-15)18(23)21-16(19(24)25)12-14-6-10-26-11-7-14/h1-5,14,16-17,22H,6-13H2,(H,21,23)(H,24,25)/t16?,17-/m1/s1. The van der Waals surface area contributed by atoms with Gasteiger partial charge in [0.05, 0.1) is 0 Å². The molecule has 1 amide bonds. The zero-order valence-electron chi connectivity index (χ0n) is 14.9. The summed E-state index contributed by atoms with van der Waals surface area (Å²) in [6.07, 6.45) is 2.98. The number of aliphatic hydroxyl groups excluding tert-OH is 1. The summed E-state index contributed by atoms with van der Waals surface area (Å²) < 4.78 is 5.30. The van der Waals surface area contributed by atoms with E-state index < -0.39 is 29.4 Å². The number of carboxylic acid groups (broad SMARTS) is 1. The molecule has 1 aliphatic heterocycles. The van der Waals surface area contributed by atoms with E-state index >= 15 is 0 Å². The molecule has 1 aromatic carbocycles. The van der Waals surface area contributed by atoms with E-state index in [2.05, 4.69) is 5.32 Å². The maximum atomic E-state index is 12.5. The molecule has 1 heterocycles. The molecule has 2 atom stereocenters. The summed E-state index contributed by atoms with van der Waals surface area (Å²) in [5, 5.41) is 22.6. The van der Waals surface area contributed by atoms with Crippen molar-refractivity contribution >= 4 is 11.9 Å². The maximum absolute atomic E-state index is 12.5. The molecule has 26 heavy (non-hydrogen) atoms. The van der Waals surface area contributed by atoms with Crippen molar-refractivity contribution in [2.45, 2.75) is 50.7 Å². The number of amides is 1. The van der Waals surface area contributed by atoms with Gasteiger partial charge in [0.15, 0.2) is 0 Å². The Bertz CT molecular complexity index is 622. The van der Waals surface area contributed by atoms with Crippen LogP contribution in [0.1, 0.15) is 37.7 Å². The van der Waals surface area contributed by atoms with Crippen molar-refractivity contribution in [1.82, 2.24) is 5.32 Å². The highest BCUT2D eigenvalue weighted by Gasteiger charge is 2.52. The van der Waals surface area contributed by atoms with Crippen LogP contribution in [0.5, 0.6) is 0 Å². The summed E-state index contributed by atoms with van der Waals surface area (Å²) in [4.78, 5) is 24.1. The van der Waals surface area contributed by atoms with Crippen molar-refractivity contribution in [3.05, 3.63) is 35.9 Å². The second-order valence-corrected chi connectivity index (χ2v) is 7.62. The van der Waals surface area contributed by atoms with Crippen LogP contribution in [0.15, 0.2) is 30.3 Å². The van der Waals surface area contributed by atoms with E-state index in [4.69, 9.17) is 4.74 Å². The van der Waals surface area contributed by atoms with Gasteiger partial charge in [0, 0.05) is 18.6 Å². The van der Waals surface area contributed by atoms with Gasteiger partial charge in [0.1, 0.15) is 12.1 Å². The number of hydrogen-bond donors (Lipinski definition) is 3. The molecule has 1 saturated heterocycles. The monoisotopic (exact) mass is 361 g/mol. The zero-order chi connectivity index (χ0) is 18.6. The number of nitrogens with one attached hydrogen (secondary N) is 1. The SMILES string of the molecule is O=C(O)C(CC1CCOCC1)NC(=O)[C@@H](O)C1(Cc2ccccc2)CC1. The Balaban J connectivity index is 1.58. The van der Waals surface area contributed by atoms with E-state index in [0.717, 1.165) is 31.2 Å². The maximum Gasteiger partial charge on any atom is 0.326 e. The molecule has 3 rings (SSSR count). The van der Waals surface area contributed by atoms with E-state index in [1.54, 1.807) is 0 Å². The van der Waals surface area contributed by atoms with Crippen LogP contribution in [-0.4, -0.2) is 47.4 Å². The van der Waals surface area contributed by atoms with Crippen LogP contribution >= 0.6 is 0 Å². The lowest BCUT2D eigenvalue weighted by molar-refractivity contribution is -0.145. The van der Waals surface area contributed by atoms with E-state index in [0.29, 0.717) is 26.1 Å². The first-order valence-electron chi connectivity index (χ1n) is 9.33. The quantitative estimate of drug-likeness (QED) is 0.656. The largest absolute Gasteiger partial charge is 0.480 e. The fraction of sp³-hybridized carbons (Fsp3) is 0.600. The molecule has 0 bridgehead atoms. The molecule has 0 radical (unpaired) electrons. The van der Waals surface area contributed by atoms with Gasteiger partial charge in [-0.25, -0.2) is 4.79 Å². The van der Waals surface area contributed by atoms with E-state index in [1.165, 1.54) is 0 Å². The van der Waals surface area contributed by atoms with Crippen molar-refractivity contribution in [2.75, 3.05) is 13.2 Å². The average Bonchev–Trinajstić information content (AvgIpc) is 3.42. The molecule has 1 aromatic rings. The van der Waals surface area contributed by atoms with Gasteiger partial charge in [0.2, 0.25) is 5.91 Å². The first-order valence-corrected chi connectivity index (χ1v) is 9.33. The Labute approximate surface area is 153 Å². The molecule has 2 aliphatic rings. The Morgan fingerprint density at radius 1 is 1.19 bits per heavy atom. The van der Waals surface area contributed by atoms with Gasteiger partial charge >= 0.3 is 5.97 Å². The Morgan fingerprint density at radius 2 is 1.85 bits per heavy atom. The zero-order valence-corrected chi connectivity index (χ0v) is 14.9. The van der Waals surface area contributed by atoms with Crippen LogP contribution in [0.2, 0.25) is 0 Å². The second-order valence-electron chi connectivity index (χ2n) is 7.62. The molecule has 0 aromatic heterocycles. The van der Waals surface area contributed by atoms with Gasteiger partial charge in [-0.3, -0.25) is 4.79 Å². The lowest BCUT2D eigenvalue weighted by atomic mass is 9.89. The first-order chi connectivity index (χ1) is 12.5. The minimum absolute atomic E-state index is 0.224. The van der Waals surface area contributed by atoms with Gasteiger partial charge < -0.3 is 20.3 Å². The molecule has 6 nitrogen and oxygen atoms in total. The number of rotatable bonds is 8. The Kier molecular flexibility index (Phi) is 5.94. The first kappa shape index (κ1) is 18.9. The topological polar surface area (TPSA) is 95.9 Å². The third-order valence-electron chi connectivity index (χ3n) is 5.64. The lowest BCUT2D eigenvalue weighted by Crippen LogP contribution is -2.49. The molecule has 1 unspecified atom stereocenters. The molecule has 1 aliphatic carbocycles. The predicted octanol–water partition coefficient (Wildman–Crippen LogP) is 1.76. The highest BCUT2D eigenvalue weighted by Crippen LogP contribution is 2.51. The van der Waals surface area contributed by atoms with Crippen LogP contribution in [-0.2, 0) is 20.7 Å². The molecule has 142 valence electrons. The van der Waals surface area contributed by atoms with Crippen molar-refractivity contribution < 1.29 is 24.5 Å². The van der Waals surface area contributed by atoms with Crippen molar-refractivity contribution in [3.63, 3.8) is 0 Å². The van der Waals surface area contributed by atoms with Crippen molar-refractivity contribution in [3.8, 4) is 0 Å². The third kappa shape index (κ3) is 4.62. The molecule has 0 spiro atoms. The number of ether oxygens (including phenoxy) is 1. The number of aliphatic carboxylic acids is 1. The smallest absolute Gasteiger partial charge is 0.326 e. The number of benzene rings is 1. The van der Waals surface area contributed by atoms with Crippen LogP contribution in [0.4, 0.5) is 0 Å².